The Balaban J connectivity index is 1.06. The second-order valence-electron chi connectivity index (χ2n) is 15.0. The standard InChI is InChI=1S/C36H67N8O3P/c1-3-46-48(45,47-4-2)25-24-44-23-22-43(29-36(44)18-9-6-10-19-36)34-26-33(37)41-35(42-34)40-28-31-16-14-30(15-17-31)27-38-20-11-21-39-32-12-7-5-8-13-32/h26,30-32,38-39H,3-25,27-29H2,1-2H3,(H3,37,40,41,42). The van der Waals surface area contributed by atoms with Crippen LogP contribution in [0.25, 0.3) is 0 Å². The third-order valence-electron chi connectivity index (χ3n) is 11.4. The Morgan fingerprint density at radius 2 is 1.58 bits per heavy atom. The van der Waals surface area contributed by atoms with Crippen LogP contribution in [0.15, 0.2) is 6.07 Å². The summed E-state index contributed by atoms with van der Waals surface area (Å²) >= 11 is 0. The maximum Gasteiger partial charge on any atom is 0.331 e. The van der Waals surface area contributed by atoms with Gasteiger partial charge in [0.05, 0.1) is 19.4 Å². The van der Waals surface area contributed by atoms with E-state index in [1.54, 1.807) is 0 Å². The molecule has 0 atom stereocenters. The molecule has 4 aliphatic rings. The normalized spacial score (nSPS) is 24.2. The molecule has 1 aromatic rings. The van der Waals surface area contributed by atoms with E-state index in [0.717, 1.165) is 83.0 Å². The quantitative estimate of drug-likeness (QED) is 0.103. The molecule has 0 radical (unpaired) electrons. The number of nitrogen functional groups attached to an aromatic ring is 1. The summed E-state index contributed by atoms with van der Waals surface area (Å²) in [6.45, 7) is 12.2. The van der Waals surface area contributed by atoms with Gasteiger partial charge in [0.25, 0.3) is 0 Å². The molecule has 48 heavy (non-hydrogen) atoms. The van der Waals surface area contributed by atoms with Crippen molar-refractivity contribution in [2.75, 3.05) is 87.7 Å². The van der Waals surface area contributed by atoms with Gasteiger partial charge in [-0.2, -0.15) is 9.97 Å². The predicted octanol–water partition coefficient (Wildman–Crippen LogP) is 6.27. The van der Waals surface area contributed by atoms with Crippen molar-refractivity contribution in [1.29, 1.82) is 0 Å². The molecular formula is C36H67N8O3P. The zero-order valence-electron chi connectivity index (χ0n) is 30.2. The fourth-order valence-corrected chi connectivity index (χ4v) is 10.4. The van der Waals surface area contributed by atoms with E-state index >= 15 is 0 Å². The van der Waals surface area contributed by atoms with Gasteiger partial charge in [-0.3, -0.25) is 9.46 Å². The number of hydrogen-bond donors (Lipinski definition) is 4. The number of anilines is 3. The Hall–Kier alpha value is -1.49. The number of piperazine rings is 1. The highest BCUT2D eigenvalue weighted by Gasteiger charge is 2.43. The van der Waals surface area contributed by atoms with Crippen molar-refractivity contribution in [2.45, 2.75) is 122 Å². The van der Waals surface area contributed by atoms with Crippen molar-refractivity contribution in [1.82, 2.24) is 25.5 Å². The van der Waals surface area contributed by atoms with Gasteiger partial charge in [-0.15, -0.1) is 0 Å². The number of nitrogens with zero attached hydrogens (tertiary/aromatic N) is 4. The lowest BCUT2D eigenvalue weighted by molar-refractivity contribution is 0.0425. The number of aromatic nitrogens is 2. The van der Waals surface area contributed by atoms with Crippen molar-refractivity contribution in [3.05, 3.63) is 6.07 Å². The molecule has 1 aliphatic heterocycles. The van der Waals surface area contributed by atoms with Crippen LogP contribution in [0.4, 0.5) is 17.6 Å². The van der Waals surface area contributed by atoms with E-state index in [9.17, 15) is 4.57 Å². The van der Waals surface area contributed by atoms with Crippen LogP contribution in [0.5, 0.6) is 0 Å². The van der Waals surface area contributed by atoms with Crippen molar-refractivity contribution in [3.8, 4) is 0 Å². The maximum atomic E-state index is 13.3. The Morgan fingerprint density at radius 3 is 2.29 bits per heavy atom. The van der Waals surface area contributed by atoms with Crippen LogP contribution in [0.2, 0.25) is 0 Å². The number of nitrogens with two attached hydrogens (primary N) is 1. The monoisotopic (exact) mass is 691 g/mol. The third-order valence-corrected chi connectivity index (χ3v) is 13.5. The van der Waals surface area contributed by atoms with Gasteiger partial charge in [-0.1, -0.05) is 38.5 Å². The average Bonchev–Trinajstić information content (AvgIpc) is 3.10. The minimum Gasteiger partial charge on any atom is -0.383 e. The highest BCUT2D eigenvalue weighted by molar-refractivity contribution is 7.53. The molecule has 5 N–H and O–H groups in total. The zero-order valence-corrected chi connectivity index (χ0v) is 31.1. The van der Waals surface area contributed by atoms with Crippen LogP contribution in [0, 0.1) is 11.8 Å². The molecule has 4 fully saturated rings. The third kappa shape index (κ3) is 11.3. The SMILES string of the molecule is CCOP(=O)(CCN1CCN(c2cc(N)nc(NCC3CCC(CNCCCNC4CCCCC4)CC3)n2)CC12CCCCC2)OCC. The van der Waals surface area contributed by atoms with Crippen LogP contribution in [0.1, 0.15) is 110 Å². The van der Waals surface area contributed by atoms with Gasteiger partial charge < -0.3 is 35.6 Å². The van der Waals surface area contributed by atoms with Gasteiger partial charge in [0.15, 0.2) is 0 Å². The summed E-state index contributed by atoms with van der Waals surface area (Å²) in [6, 6.07) is 2.70. The molecule has 0 aromatic carbocycles. The van der Waals surface area contributed by atoms with Crippen LogP contribution in [0.3, 0.4) is 0 Å². The van der Waals surface area contributed by atoms with Gasteiger partial charge >= 0.3 is 7.60 Å². The van der Waals surface area contributed by atoms with E-state index in [-0.39, 0.29) is 5.54 Å². The average molecular weight is 691 g/mol. The number of hydrogen-bond acceptors (Lipinski definition) is 11. The fraction of sp³-hybridized carbons (Fsp3) is 0.889. The first-order chi connectivity index (χ1) is 23.4. The molecule has 1 saturated heterocycles. The summed E-state index contributed by atoms with van der Waals surface area (Å²) in [4.78, 5) is 14.5. The molecule has 2 heterocycles. The van der Waals surface area contributed by atoms with Gasteiger partial charge in [0.1, 0.15) is 11.6 Å². The Bertz CT molecular complexity index is 1110. The number of rotatable bonds is 18. The van der Waals surface area contributed by atoms with E-state index in [1.165, 1.54) is 83.5 Å². The summed E-state index contributed by atoms with van der Waals surface area (Å²) in [7, 11) is -3.08. The first-order valence-corrected chi connectivity index (χ1v) is 21.3. The van der Waals surface area contributed by atoms with E-state index in [4.69, 9.17) is 19.8 Å². The first kappa shape index (κ1) is 37.8. The lowest BCUT2D eigenvalue weighted by Crippen LogP contribution is -2.63. The molecule has 0 amide bonds. The Kier molecular flexibility index (Phi) is 15.1. The van der Waals surface area contributed by atoms with Gasteiger partial charge in [-0.25, -0.2) is 0 Å². The van der Waals surface area contributed by atoms with Crippen LogP contribution < -0.4 is 26.6 Å². The summed E-state index contributed by atoms with van der Waals surface area (Å²) in [5.74, 6) is 3.50. The predicted molar refractivity (Wildman–Crippen MR) is 198 cm³/mol. The lowest BCUT2D eigenvalue weighted by atomic mass is 9.78. The second-order valence-corrected chi connectivity index (χ2v) is 17.1. The van der Waals surface area contributed by atoms with Gasteiger partial charge in [0, 0.05) is 50.4 Å². The molecular weight excluding hydrogens is 623 g/mol. The summed E-state index contributed by atoms with van der Waals surface area (Å²) in [6.07, 6.45) is 19.7. The van der Waals surface area contributed by atoms with Gasteiger partial charge in [0.2, 0.25) is 5.95 Å². The van der Waals surface area contributed by atoms with Gasteiger partial charge in [-0.05, 0) is 103 Å². The van der Waals surface area contributed by atoms with Crippen LogP contribution in [-0.4, -0.2) is 98.2 Å². The topological polar surface area (TPSA) is 130 Å². The Labute approximate surface area is 291 Å². The molecule has 11 nitrogen and oxygen atoms in total. The molecule has 3 saturated carbocycles. The van der Waals surface area contributed by atoms with E-state index in [1.807, 2.05) is 19.9 Å². The minimum absolute atomic E-state index is 0.0341. The fourth-order valence-electron chi connectivity index (χ4n) is 8.75. The van der Waals surface area contributed by atoms with E-state index < -0.39 is 7.60 Å². The molecule has 3 aliphatic carbocycles. The van der Waals surface area contributed by atoms with Crippen molar-refractivity contribution in [3.63, 3.8) is 0 Å². The van der Waals surface area contributed by atoms with Crippen molar-refractivity contribution < 1.29 is 13.6 Å². The van der Waals surface area contributed by atoms with Crippen LogP contribution in [-0.2, 0) is 13.6 Å². The molecule has 274 valence electrons. The Morgan fingerprint density at radius 1 is 0.896 bits per heavy atom. The smallest absolute Gasteiger partial charge is 0.331 e. The minimum atomic E-state index is -3.08. The lowest BCUT2D eigenvalue weighted by Gasteiger charge is -2.53. The zero-order chi connectivity index (χ0) is 33.7. The number of nitrogens with one attached hydrogen (secondary N) is 3. The molecule has 1 aromatic heterocycles. The molecule has 1 spiro atoms. The molecule has 5 rings (SSSR count). The second kappa shape index (κ2) is 19.2. The maximum absolute atomic E-state index is 13.3. The summed E-state index contributed by atoms with van der Waals surface area (Å²) in [5.41, 5.74) is 6.39. The summed E-state index contributed by atoms with van der Waals surface area (Å²) in [5, 5.41) is 11.1. The molecule has 0 unspecified atom stereocenters. The van der Waals surface area contributed by atoms with E-state index in [0.29, 0.717) is 37.1 Å². The summed E-state index contributed by atoms with van der Waals surface area (Å²) < 4.78 is 24.5. The highest BCUT2D eigenvalue weighted by Crippen LogP contribution is 2.48. The molecule has 12 heteroatoms. The van der Waals surface area contributed by atoms with Crippen molar-refractivity contribution >= 4 is 25.2 Å². The largest absolute Gasteiger partial charge is 0.383 e. The first-order valence-electron chi connectivity index (χ1n) is 19.6. The highest BCUT2D eigenvalue weighted by atomic mass is 31.2. The van der Waals surface area contributed by atoms with E-state index in [2.05, 4.69) is 30.7 Å². The van der Waals surface area contributed by atoms with Crippen LogP contribution >= 0.6 is 7.60 Å². The van der Waals surface area contributed by atoms with Crippen molar-refractivity contribution in [2.24, 2.45) is 11.8 Å². The molecule has 0 bridgehead atoms.